The van der Waals surface area contributed by atoms with Crippen LogP contribution >= 0.6 is 15.2 Å². The van der Waals surface area contributed by atoms with Crippen LogP contribution in [0, 0.1) is 0 Å². The molecule has 0 unspecified atom stereocenters. The minimum absolute atomic E-state index is 0. The first kappa shape index (κ1) is 26.7. The SMILES string of the molecule is CCCCN(CP(=O)([O-])[O-])CP(=O)([O-])[O-].[NH4+].[NH4+].[NH4+]. The van der Waals surface area contributed by atoms with Crippen molar-refractivity contribution in [2.75, 3.05) is 19.1 Å². The molecular weight excluding hydrogens is 286 g/mol. The van der Waals surface area contributed by atoms with Gasteiger partial charge in [0.25, 0.3) is 0 Å². The Balaban J connectivity index is -0.000000327. The second kappa shape index (κ2) is 11.0. The van der Waals surface area contributed by atoms with E-state index in [1.165, 1.54) is 0 Å². The van der Waals surface area contributed by atoms with Gasteiger partial charge in [-0.1, -0.05) is 28.5 Å². The lowest BCUT2D eigenvalue weighted by Gasteiger charge is -2.41. The van der Waals surface area contributed by atoms with E-state index in [0.29, 0.717) is 12.8 Å². The van der Waals surface area contributed by atoms with Gasteiger partial charge in [-0.05, 0) is 13.0 Å². The van der Waals surface area contributed by atoms with E-state index in [1.54, 1.807) is 0 Å². The van der Waals surface area contributed by atoms with Crippen LogP contribution in [0.5, 0.6) is 0 Å². The minimum Gasteiger partial charge on any atom is -0.810 e. The molecule has 0 aliphatic heterocycles. The van der Waals surface area contributed by atoms with Crippen molar-refractivity contribution in [1.82, 2.24) is 23.4 Å². The van der Waals surface area contributed by atoms with Crippen LogP contribution in [0.15, 0.2) is 0 Å². The Hall–Kier alpha value is 0.140. The first-order valence-electron chi connectivity index (χ1n) is 4.38. The highest BCUT2D eigenvalue weighted by molar-refractivity contribution is 7.49. The highest BCUT2D eigenvalue weighted by atomic mass is 31.2. The topological polar surface area (TPSA) is 239 Å². The largest absolute Gasteiger partial charge is 0.810 e. The van der Waals surface area contributed by atoms with E-state index >= 15 is 0 Å². The van der Waals surface area contributed by atoms with Crippen molar-refractivity contribution in [1.29, 1.82) is 0 Å². The molecule has 0 aromatic carbocycles. The lowest BCUT2D eigenvalue weighted by molar-refractivity contribution is -0.318. The molecule has 0 saturated heterocycles. The molecule has 116 valence electrons. The zero-order valence-corrected chi connectivity index (χ0v) is 13.1. The Morgan fingerprint density at radius 2 is 1.22 bits per heavy atom. The minimum atomic E-state index is -4.82. The molecule has 10 nitrogen and oxygen atoms in total. The van der Waals surface area contributed by atoms with Crippen LogP contribution in [-0.2, 0) is 9.13 Å². The normalized spacial score (nSPS) is 11.2. The lowest BCUT2D eigenvalue weighted by atomic mass is 10.3. The van der Waals surface area contributed by atoms with Gasteiger partial charge in [-0.25, -0.2) is 0 Å². The van der Waals surface area contributed by atoms with Crippen molar-refractivity contribution in [3.8, 4) is 0 Å². The number of quaternary nitrogens is 3. The Morgan fingerprint density at radius 3 is 1.44 bits per heavy atom. The molecule has 0 radical (unpaired) electrons. The summed E-state index contributed by atoms with van der Waals surface area (Å²) >= 11 is 0. The summed E-state index contributed by atoms with van der Waals surface area (Å²) in [5.41, 5.74) is 0. The van der Waals surface area contributed by atoms with E-state index in [2.05, 4.69) is 0 Å². The van der Waals surface area contributed by atoms with E-state index < -0.39 is 27.8 Å². The van der Waals surface area contributed by atoms with E-state index in [-0.39, 0.29) is 25.0 Å². The maximum absolute atomic E-state index is 10.4. The first-order valence-corrected chi connectivity index (χ1v) is 7.84. The molecule has 0 bridgehead atoms. The van der Waals surface area contributed by atoms with Crippen LogP contribution in [-0.4, -0.2) is 24.0 Å². The average molecular weight is 311 g/mol. The maximum Gasteiger partial charge on any atom is 0.0264 e. The molecule has 0 aromatic heterocycles. The summed E-state index contributed by atoms with van der Waals surface area (Å²) in [6.45, 7) is 1.93. The third-order valence-electron chi connectivity index (χ3n) is 1.57. The van der Waals surface area contributed by atoms with Crippen molar-refractivity contribution in [2.45, 2.75) is 19.8 Å². The molecular formula is C6H25N4O6P2-. The summed E-state index contributed by atoms with van der Waals surface area (Å²) < 4.78 is 20.9. The van der Waals surface area contributed by atoms with Gasteiger partial charge in [-0.3, -0.25) is 4.90 Å². The van der Waals surface area contributed by atoms with Gasteiger partial charge in [0.2, 0.25) is 0 Å². The van der Waals surface area contributed by atoms with Gasteiger partial charge < -0.3 is 47.2 Å². The maximum atomic E-state index is 10.4. The summed E-state index contributed by atoms with van der Waals surface area (Å²) in [5, 5.41) is 0. The van der Waals surface area contributed by atoms with Gasteiger partial charge in [0.15, 0.2) is 0 Å². The Morgan fingerprint density at radius 1 is 0.889 bits per heavy atom. The molecule has 0 atom stereocenters. The molecule has 0 amide bonds. The molecule has 0 aromatic rings. The Kier molecular flexibility index (Phi) is 16.3. The molecule has 0 heterocycles. The molecule has 12 N–H and O–H groups in total. The predicted molar refractivity (Wildman–Crippen MR) is 64.5 cm³/mol. The summed E-state index contributed by atoms with van der Waals surface area (Å²) in [4.78, 5) is 42.6. The quantitative estimate of drug-likeness (QED) is 0.492. The van der Waals surface area contributed by atoms with Crippen molar-refractivity contribution in [3.63, 3.8) is 0 Å². The molecule has 12 heteroatoms. The van der Waals surface area contributed by atoms with Crippen molar-refractivity contribution < 1.29 is 28.7 Å². The standard InChI is InChI=1S/C6H17NO6P2.3H3N/c1-2-3-4-7(5-14(8,9)10)6-15(11,12)13;;;/h2-6H2,1H3,(H2,8,9,10)(H2,11,12,13);3*1H3/p-1. The van der Waals surface area contributed by atoms with Crippen molar-refractivity contribution in [2.24, 2.45) is 0 Å². The molecule has 0 fully saturated rings. The number of hydrogen-bond donors (Lipinski definition) is 3. The lowest BCUT2D eigenvalue weighted by Crippen LogP contribution is -2.36. The molecule has 0 rings (SSSR count). The van der Waals surface area contributed by atoms with Crippen LogP contribution in [0.3, 0.4) is 0 Å². The summed E-state index contributed by atoms with van der Waals surface area (Å²) in [7, 11) is -9.64. The molecule has 0 aliphatic rings. The van der Waals surface area contributed by atoms with Gasteiger partial charge >= 0.3 is 0 Å². The van der Waals surface area contributed by atoms with Crippen LogP contribution < -0.4 is 38.0 Å². The van der Waals surface area contributed by atoms with Crippen LogP contribution in [0.25, 0.3) is 0 Å². The van der Waals surface area contributed by atoms with Crippen LogP contribution in [0.1, 0.15) is 19.8 Å². The number of unbranched alkanes of at least 4 members (excludes halogenated alkanes) is 1. The first-order chi connectivity index (χ1) is 6.64. The van der Waals surface area contributed by atoms with E-state index in [0.717, 1.165) is 4.90 Å². The predicted octanol–water partition coefficient (Wildman–Crippen LogP) is -1.04. The Labute approximate surface area is 107 Å². The third-order valence-corrected chi connectivity index (χ3v) is 3.07. The second-order valence-electron chi connectivity index (χ2n) is 3.25. The fourth-order valence-electron chi connectivity index (χ4n) is 1.06. The van der Waals surface area contributed by atoms with E-state index in [1.807, 2.05) is 6.92 Å². The van der Waals surface area contributed by atoms with Gasteiger partial charge in [-0.2, -0.15) is 0 Å². The summed E-state index contributed by atoms with van der Waals surface area (Å²) in [6, 6.07) is 0. The molecule has 0 aliphatic carbocycles. The smallest absolute Gasteiger partial charge is 0.0264 e. The van der Waals surface area contributed by atoms with Gasteiger partial charge in [0, 0.05) is 12.6 Å². The number of nitrogens with zero attached hydrogens (tertiary/aromatic N) is 1. The van der Waals surface area contributed by atoms with Gasteiger partial charge in [0.1, 0.15) is 0 Å². The van der Waals surface area contributed by atoms with Crippen LogP contribution in [0.2, 0.25) is 0 Å². The summed E-state index contributed by atoms with van der Waals surface area (Å²) in [6.07, 6.45) is -0.594. The molecule has 0 spiro atoms. The second-order valence-corrected chi connectivity index (χ2v) is 6.26. The fraction of sp³-hybridized carbons (Fsp3) is 1.00. The average Bonchev–Trinajstić information content (AvgIpc) is 1.94. The van der Waals surface area contributed by atoms with Crippen molar-refractivity contribution in [3.05, 3.63) is 0 Å². The van der Waals surface area contributed by atoms with Crippen molar-refractivity contribution >= 4 is 15.2 Å². The highest BCUT2D eigenvalue weighted by Crippen LogP contribution is 2.30. The molecule has 0 saturated carbocycles. The van der Waals surface area contributed by atoms with E-state index in [9.17, 15) is 28.7 Å². The fourth-order valence-corrected chi connectivity index (χ4v) is 2.68. The van der Waals surface area contributed by atoms with E-state index in [4.69, 9.17) is 0 Å². The molecule has 18 heavy (non-hydrogen) atoms. The van der Waals surface area contributed by atoms with Gasteiger partial charge in [0.05, 0.1) is 0 Å². The van der Waals surface area contributed by atoms with Crippen LogP contribution in [0.4, 0.5) is 0 Å². The highest BCUT2D eigenvalue weighted by Gasteiger charge is 2.07. The zero-order chi connectivity index (χ0) is 12.1. The third kappa shape index (κ3) is 18.5. The monoisotopic (exact) mass is 311 g/mol. The summed E-state index contributed by atoms with van der Waals surface area (Å²) in [5.74, 6) is 0. The number of rotatable bonds is 7. The number of hydrogen-bond acceptors (Lipinski definition) is 7. The van der Waals surface area contributed by atoms with Gasteiger partial charge in [-0.15, -0.1) is 0 Å². The Bertz CT molecular complexity index is 255. The zero-order valence-electron chi connectivity index (χ0n) is 11.3.